The van der Waals surface area contributed by atoms with Gasteiger partial charge in [0.2, 0.25) is 5.92 Å². The molecule has 1 rings (SSSR count). The molecule has 1 saturated carbocycles. The molecule has 15 heavy (non-hydrogen) atoms. The maximum Gasteiger partial charge on any atom is 0.251 e. The lowest BCUT2D eigenvalue weighted by atomic mass is 9.63. The van der Waals surface area contributed by atoms with Gasteiger partial charge in [-0.2, -0.15) is 0 Å². The average Bonchev–Trinajstić information content (AvgIpc) is 2.01. The number of alkyl halides is 4. The van der Waals surface area contributed by atoms with Gasteiger partial charge in [0.25, 0.3) is 5.92 Å². The van der Waals surface area contributed by atoms with Crippen molar-refractivity contribution < 1.29 is 17.6 Å². The molecule has 1 aliphatic rings. The lowest BCUT2D eigenvalue weighted by molar-refractivity contribution is -0.181. The first-order chi connectivity index (χ1) is 6.61. The molecule has 1 fully saturated rings. The highest BCUT2D eigenvalue weighted by Gasteiger charge is 2.56. The molecule has 0 aromatic carbocycles. The van der Waals surface area contributed by atoms with Crippen LogP contribution in [0.2, 0.25) is 0 Å². The van der Waals surface area contributed by atoms with E-state index in [0.29, 0.717) is 0 Å². The van der Waals surface area contributed by atoms with Gasteiger partial charge in [-0.05, 0) is 25.7 Å². The Bertz CT molecular complexity index is 217. The lowest BCUT2D eigenvalue weighted by Gasteiger charge is -2.46. The van der Waals surface area contributed by atoms with Gasteiger partial charge >= 0.3 is 0 Å². The topological polar surface area (TPSA) is 0 Å². The van der Waals surface area contributed by atoms with Crippen LogP contribution in [-0.4, -0.2) is 11.8 Å². The Kier molecular flexibility index (Phi) is 3.10. The van der Waals surface area contributed by atoms with Crippen LogP contribution in [0.4, 0.5) is 17.6 Å². The molecule has 0 nitrogen and oxygen atoms in total. The largest absolute Gasteiger partial charge is 0.251 e. The smallest absolute Gasteiger partial charge is 0.207 e. The maximum absolute atomic E-state index is 13.5. The fraction of sp³-hybridized carbons (Fsp3) is 1.00. The van der Waals surface area contributed by atoms with E-state index in [1.165, 1.54) is 0 Å². The number of halogens is 4. The normalized spacial score (nSPS) is 25.6. The molecule has 4 heteroatoms. The Morgan fingerprint density at radius 1 is 1.00 bits per heavy atom. The van der Waals surface area contributed by atoms with Gasteiger partial charge in [0, 0.05) is 18.3 Å². The second kappa shape index (κ2) is 3.63. The first kappa shape index (κ1) is 12.8. The van der Waals surface area contributed by atoms with Crippen molar-refractivity contribution in [3.63, 3.8) is 0 Å². The molecule has 0 bridgehead atoms. The minimum absolute atomic E-state index is 0.0822. The molecule has 0 N–H and O–H groups in total. The quantitative estimate of drug-likeness (QED) is 0.608. The molecular weight excluding hydrogens is 208 g/mol. The van der Waals surface area contributed by atoms with E-state index in [2.05, 4.69) is 0 Å². The van der Waals surface area contributed by atoms with Crippen LogP contribution in [0.3, 0.4) is 0 Å². The summed E-state index contributed by atoms with van der Waals surface area (Å²) in [7, 11) is 0. The zero-order valence-corrected chi connectivity index (χ0v) is 9.42. The molecule has 0 aromatic heterocycles. The van der Waals surface area contributed by atoms with E-state index in [4.69, 9.17) is 0 Å². The number of hydrogen-bond donors (Lipinski definition) is 0. The molecule has 0 amide bonds. The van der Waals surface area contributed by atoms with E-state index in [1.807, 2.05) is 0 Å². The monoisotopic (exact) mass is 226 g/mol. The zero-order valence-electron chi connectivity index (χ0n) is 9.42. The van der Waals surface area contributed by atoms with Crippen molar-refractivity contribution in [3.8, 4) is 0 Å². The van der Waals surface area contributed by atoms with Gasteiger partial charge in [0.05, 0.1) is 0 Å². The van der Waals surface area contributed by atoms with E-state index >= 15 is 0 Å². The van der Waals surface area contributed by atoms with Crippen LogP contribution in [0.5, 0.6) is 0 Å². The van der Waals surface area contributed by atoms with Crippen molar-refractivity contribution in [3.05, 3.63) is 0 Å². The van der Waals surface area contributed by atoms with Gasteiger partial charge < -0.3 is 0 Å². The highest BCUT2D eigenvalue weighted by molar-refractivity contribution is 4.97. The number of hydrogen-bond acceptors (Lipinski definition) is 0. The van der Waals surface area contributed by atoms with Gasteiger partial charge in [-0.1, -0.05) is 13.8 Å². The summed E-state index contributed by atoms with van der Waals surface area (Å²) in [5.41, 5.74) is -1.24. The van der Waals surface area contributed by atoms with E-state index in [0.717, 1.165) is 6.92 Å². The summed E-state index contributed by atoms with van der Waals surface area (Å²) in [5.74, 6) is -5.89. The maximum atomic E-state index is 13.5. The van der Waals surface area contributed by atoms with E-state index in [9.17, 15) is 17.6 Å². The highest BCUT2D eigenvalue weighted by atomic mass is 19.3. The van der Waals surface area contributed by atoms with Crippen LogP contribution in [-0.2, 0) is 0 Å². The molecule has 0 atom stereocenters. The molecular formula is C11H18F4. The van der Waals surface area contributed by atoms with Crippen LogP contribution in [0.25, 0.3) is 0 Å². The summed E-state index contributed by atoms with van der Waals surface area (Å²) in [6, 6.07) is 0. The van der Waals surface area contributed by atoms with Crippen molar-refractivity contribution in [2.24, 2.45) is 11.3 Å². The third-order valence-electron chi connectivity index (χ3n) is 3.85. The van der Waals surface area contributed by atoms with Gasteiger partial charge in [0.1, 0.15) is 0 Å². The van der Waals surface area contributed by atoms with Gasteiger partial charge in [0.15, 0.2) is 0 Å². The Morgan fingerprint density at radius 2 is 1.40 bits per heavy atom. The first-order valence-corrected chi connectivity index (χ1v) is 5.36. The molecule has 90 valence electrons. The SMILES string of the molecule is CC(C)C1(C(C)(F)F)CCC(F)(F)CC1. The van der Waals surface area contributed by atoms with Crippen LogP contribution in [0, 0.1) is 11.3 Å². The van der Waals surface area contributed by atoms with Crippen molar-refractivity contribution in [2.45, 2.75) is 58.3 Å². The van der Waals surface area contributed by atoms with E-state index in [1.54, 1.807) is 13.8 Å². The summed E-state index contributed by atoms with van der Waals surface area (Å²) in [4.78, 5) is 0. The summed E-state index contributed by atoms with van der Waals surface area (Å²) >= 11 is 0. The Balaban J connectivity index is 2.89. The summed E-state index contributed by atoms with van der Waals surface area (Å²) in [5, 5.41) is 0. The van der Waals surface area contributed by atoms with Crippen LogP contribution < -0.4 is 0 Å². The van der Waals surface area contributed by atoms with E-state index < -0.39 is 30.1 Å². The number of rotatable bonds is 2. The standard InChI is InChI=1S/C11H18F4/c1-8(2)10(9(3,12)13)4-6-11(14,15)7-5-10/h8H,4-7H2,1-3H3. The molecule has 0 unspecified atom stereocenters. The minimum atomic E-state index is -2.88. The summed E-state index contributed by atoms with van der Waals surface area (Å²) in [6.07, 6.45) is -0.981. The molecule has 0 radical (unpaired) electrons. The van der Waals surface area contributed by atoms with Crippen LogP contribution >= 0.6 is 0 Å². The van der Waals surface area contributed by atoms with Crippen molar-refractivity contribution in [1.29, 1.82) is 0 Å². The second-order valence-corrected chi connectivity index (χ2v) is 5.06. The molecule has 0 spiro atoms. The third-order valence-corrected chi connectivity index (χ3v) is 3.85. The predicted molar refractivity (Wildman–Crippen MR) is 51.3 cm³/mol. The van der Waals surface area contributed by atoms with Gasteiger partial charge in [-0.15, -0.1) is 0 Å². The minimum Gasteiger partial charge on any atom is -0.207 e. The molecule has 0 aromatic rings. The molecule has 0 aliphatic heterocycles. The molecule has 1 aliphatic carbocycles. The Hall–Kier alpha value is -0.280. The van der Waals surface area contributed by atoms with Crippen molar-refractivity contribution in [2.75, 3.05) is 0 Å². The molecule has 0 saturated heterocycles. The fourth-order valence-corrected chi connectivity index (χ4v) is 2.59. The van der Waals surface area contributed by atoms with Gasteiger partial charge in [-0.3, -0.25) is 0 Å². The second-order valence-electron chi connectivity index (χ2n) is 5.06. The third kappa shape index (κ3) is 2.28. The predicted octanol–water partition coefficient (Wildman–Crippen LogP) is 4.49. The van der Waals surface area contributed by atoms with Gasteiger partial charge in [-0.25, -0.2) is 17.6 Å². The van der Waals surface area contributed by atoms with Crippen LogP contribution in [0.1, 0.15) is 46.5 Å². The first-order valence-electron chi connectivity index (χ1n) is 5.36. The lowest BCUT2D eigenvalue weighted by Crippen LogP contribution is -2.48. The van der Waals surface area contributed by atoms with Crippen LogP contribution in [0.15, 0.2) is 0 Å². The fourth-order valence-electron chi connectivity index (χ4n) is 2.59. The highest BCUT2D eigenvalue weighted by Crippen LogP contribution is 2.55. The van der Waals surface area contributed by atoms with Crippen molar-refractivity contribution >= 4 is 0 Å². The van der Waals surface area contributed by atoms with Crippen molar-refractivity contribution in [1.82, 2.24) is 0 Å². The summed E-state index contributed by atoms with van der Waals surface area (Å²) in [6.45, 7) is 4.25. The average molecular weight is 226 g/mol. The zero-order chi connectivity index (χ0) is 11.9. The Labute approximate surface area is 88.0 Å². The summed E-state index contributed by atoms with van der Waals surface area (Å²) < 4.78 is 53.0. The molecule has 0 heterocycles. The van der Waals surface area contributed by atoms with E-state index in [-0.39, 0.29) is 18.8 Å². The Morgan fingerprint density at radius 3 is 1.67 bits per heavy atom.